The normalized spacial score (nSPS) is 11.8. The van der Waals surface area contributed by atoms with Crippen LogP contribution >= 0.6 is 12.2 Å². The first-order valence-electron chi connectivity index (χ1n) is 8.65. The van der Waals surface area contributed by atoms with Gasteiger partial charge in [-0.15, -0.1) is 10.2 Å². The summed E-state index contributed by atoms with van der Waals surface area (Å²) in [5, 5.41) is 25.3. The molecule has 0 saturated carbocycles. The monoisotopic (exact) mass is 387 g/mol. The lowest BCUT2D eigenvalue weighted by molar-refractivity contribution is 0.459. The molecular formula is C21H17N5OS. The van der Waals surface area contributed by atoms with E-state index in [1.54, 1.807) is 6.21 Å². The lowest BCUT2D eigenvalue weighted by Crippen LogP contribution is -2.11. The number of rotatable bonds is 3. The molecule has 3 aromatic carbocycles. The number of aromatic nitrogens is 1. The molecule has 0 unspecified atom stereocenters. The number of azo groups is 1. The van der Waals surface area contributed by atoms with Crippen LogP contribution in [-0.2, 0) is 0 Å². The summed E-state index contributed by atoms with van der Waals surface area (Å²) in [6.45, 7) is 1.97. The van der Waals surface area contributed by atoms with E-state index in [4.69, 9.17) is 12.2 Å². The molecule has 3 N–H and O–H groups in total. The average Bonchev–Trinajstić information content (AvgIpc) is 3.00. The Labute approximate surface area is 166 Å². The number of nitrogens with one attached hydrogen (secondary N) is 2. The van der Waals surface area contributed by atoms with Gasteiger partial charge in [0.15, 0.2) is 5.69 Å². The summed E-state index contributed by atoms with van der Waals surface area (Å²) in [5.41, 5.74) is 5.80. The predicted molar refractivity (Wildman–Crippen MR) is 116 cm³/mol. The van der Waals surface area contributed by atoms with Gasteiger partial charge < -0.3 is 10.1 Å². The second-order valence-electron chi connectivity index (χ2n) is 6.35. The van der Waals surface area contributed by atoms with E-state index in [2.05, 4.69) is 31.8 Å². The van der Waals surface area contributed by atoms with Gasteiger partial charge in [-0.05, 0) is 53.7 Å². The van der Waals surface area contributed by atoms with Crippen molar-refractivity contribution in [3.63, 3.8) is 0 Å². The number of hydrogen-bond acceptors (Lipinski definition) is 4. The predicted octanol–water partition coefficient (Wildman–Crippen LogP) is 5.33. The van der Waals surface area contributed by atoms with Crippen LogP contribution in [0.2, 0.25) is 0 Å². The van der Waals surface area contributed by atoms with Crippen LogP contribution < -0.4 is 5.43 Å². The summed E-state index contributed by atoms with van der Waals surface area (Å²) in [6.07, 6.45) is 1.67. The van der Waals surface area contributed by atoms with Crippen LogP contribution in [0.4, 0.5) is 5.69 Å². The van der Waals surface area contributed by atoms with Gasteiger partial charge in [0.2, 0.25) is 11.0 Å². The molecule has 4 aromatic rings. The maximum absolute atomic E-state index is 10.0. The fraction of sp³-hybridized carbons (Fsp3) is 0.0476. The number of benzene rings is 3. The Kier molecular flexibility index (Phi) is 4.82. The summed E-state index contributed by atoms with van der Waals surface area (Å²) in [5.74, 6) is -0.0492. The van der Waals surface area contributed by atoms with Crippen molar-refractivity contribution in [2.75, 3.05) is 0 Å². The minimum absolute atomic E-state index is 0.0492. The number of thiocarbonyl (C=S) groups is 1. The second-order valence-corrected chi connectivity index (χ2v) is 6.74. The van der Waals surface area contributed by atoms with Crippen molar-refractivity contribution < 1.29 is 5.11 Å². The fourth-order valence-electron chi connectivity index (χ4n) is 2.95. The van der Waals surface area contributed by atoms with Gasteiger partial charge in [0, 0.05) is 5.39 Å². The van der Waals surface area contributed by atoms with E-state index in [0.29, 0.717) is 5.69 Å². The highest BCUT2D eigenvalue weighted by Crippen LogP contribution is 2.35. The number of aromatic amines is 1. The minimum Gasteiger partial charge on any atom is -0.493 e. The van der Waals surface area contributed by atoms with E-state index in [1.165, 1.54) is 5.39 Å². The Morgan fingerprint density at radius 1 is 1.07 bits per heavy atom. The van der Waals surface area contributed by atoms with Crippen LogP contribution in [0, 0.1) is 6.92 Å². The number of aryl methyl sites for hydroxylation is 1. The maximum Gasteiger partial charge on any atom is 0.234 e. The molecule has 138 valence electrons. The molecule has 0 amide bonds. The summed E-state index contributed by atoms with van der Waals surface area (Å²) in [4.78, 5) is 2.87. The van der Waals surface area contributed by atoms with Crippen LogP contribution in [-0.4, -0.2) is 21.4 Å². The van der Waals surface area contributed by atoms with Crippen molar-refractivity contribution in [1.82, 2.24) is 10.4 Å². The van der Waals surface area contributed by atoms with Gasteiger partial charge in [0.1, 0.15) is 0 Å². The number of nitrogens with zero attached hydrogens (tertiary/aromatic N) is 3. The zero-order valence-corrected chi connectivity index (χ0v) is 15.9. The first kappa shape index (κ1) is 17.8. The van der Waals surface area contributed by atoms with Crippen molar-refractivity contribution in [1.29, 1.82) is 0 Å². The highest BCUT2D eigenvalue weighted by atomic mass is 32.1. The van der Waals surface area contributed by atoms with E-state index in [1.807, 2.05) is 61.5 Å². The fourth-order valence-corrected chi connectivity index (χ4v) is 3.04. The molecule has 4 rings (SSSR count). The lowest BCUT2D eigenvalue weighted by Gasteiger charge is -1.99. The molecule has 1 heterocycles. The molecule has 0 radical (unpaired) electrons. The molecule has 7 heteroatoms. The van der Waals surface area contributed by atoms with Crippen LogP contribution in [0.5, 0.6) is 5.88 Å². The minimum atomic E-state index is -0.0492. The third kappa shape index (κ3) is 3.74. The molecule has 0 spiro atoms. The van der Waals surface area contributed by atoms with Crippen LogP contribution in [0.3, 0.4) is 0 Å². The summed E-state index contributed by atoms with van der Waals surface area (Å²) in [6, 6.07) is 19.9. The van der Waals surface area contributed by atoms with Gasteiger partial charge >= 0.3 is 0 Å². The van der Waals surface area contributed by atoms with Crippen LogP contribution in [0.25, 0.3) is 21.7 Å². The highest BCUT2D eigenvalue weighted by molar-refractivity contribution is 7.80. The third-order valence-electron chi connectivity index (χ3n) is 4.30. The maximum atomic E-state index is 10.0. The Hall–Kier alpha value is -3.58. The third-order valence-corrected chi connectivity index (χ3v) is 4.47. The molecule has 0 aliphatic heterocycles. The summed E-state index contributed by atoms with van der Waals surface area (Å²) in [7, 11) is 0. The van der Waals surface area contributed by atoms with Crippen molar-refractivity contribution in [3.05, 3.63) is 71.8 Å². The molecule has 0 aliphatic rings. The molecule has 0 aliphatic carbocycles. The van der Waals surface area contributed by atoms with Gasteiger partial charge in [0.05, 0.1) is 11.7 Å². The SMILES string of the molecule is Cc1ccc2[nH]c(O)c(N=NC(=S)N/N=C/c3ccc4ccccc4c3)c2c1. The Balaban J connectivity index is 1.46. The quantitative estimate of drug-likeness (QED) is 0.192. The lowest BCUT2D eigenvalue weighted by atomic mass is 10.1. The van der Waals surface area contributed by atoms with E-state index in [-0.39, 0.29) is 11.0 Å². The summed E-state index contributed by atoms with van der Waals surface area (Å²) >= 11 is 5.13. The van der Waals surface area contributed by atoms with Crippen molar-refractivity contribution >= 4 is 50.9 Å². The van der Waals surface area contributed by atoms with Gasteiger partial charge in [-0.25, -0.2) is 0 Å². The first-order valence-corrected chi connectivity index (χ1v) is 9.06. The molecule has 0 saturated heterocycles. The number of aromatic hydroxyl groups is 1. The number of H-pyrrole nitrogens is 1. The Morgan fingerprint density at radius 3 is 2.75 bits per heavy atom. The van der Waals surface area contributed by atoms with Gasteiger partial charge in [-0.3, -0.25) is 5.43 Å². The standard InChI is InChI=1S/C21H17N5OS/c1-13-6-9-18-17(10-13)19(20(27)23-18)24-26-21(28)25-22-12-14-7-8-15-4-2-3-5-16(15)11-14/h2-12,23,27H,1H3,(H,25,28)/b22-12+,26-24?. The van der Waals surface area contributed by atoms with Gasteiger partial charge in [0.25, 0.3) is 0 Å². The highest BCUT2D eigenvalue weighted by Gasteiger charge is 2.10. The Bertz CT molecular complexity index is 1240. The average molecular weight is 387 g/mol. The molecule has 6 nitrogen and oxygen atoms in total. The van der Waals surface area contributed by atoms with Gasteiger partial charge in [-0.1, -0.05) is 48.0 Å². The second kappa shape index (κ2) is 7.58. The topological polar surface area (TPSA) is 85.1 Å². The number of hydrogen-bond donors (Lipinski definition) is 3. The molecular weight excluding hydrogens is 370 g/mol. The van der Waals surface area contributed by atoms with E-state index in [0.717, 1.165) is 27.4 Å². The van der Waals surface area contributed by atoms with Crippen LogP contribution in [0.15, 0.2) is 76.0 Å². The van der Waals surface area contributed by atoms with Crippen LogP contribution in [0.1, 0.15) is 11.1 Å². The number of hydrazone groups is 1. The van der Waals surface area contributed by atoms with Crippen molar-refractivity contribution in [2.24, 2.45) is 15.3 Å². The van der Waals surface area contributed by atoms with E-state index >= 15 is 0 Å². The molecule has 1 aromatic heterocycles. The largest absolute Gasteiger partial charge is 0.493 e. The smallest absolute Gasteiger partial charge is 0.234 e. The zero-order valence-electron chi connectivity index (χ0n) is 15.0. The molecule has 0 fully saturated rings. The van der Waals surface area contributed by atoms with Crippen molar-refractivity contribution in [2.45, 2.75) is 6.92 Å². The van der Waals surface area contributed by atoms with Crippen molar-refractivity contribution in [3.8, 4) is 5.88 Å². The molecule has 0 atom stereocenters. The first-order chi connectivity index (χ1) is 13.6. The summed E-state index contributed by atoms with van der Waals surface area (Å²) < 4.78 is 0. The Morgan fingerprint density at radius 2 is 1.89 bits per heavy atom. The van der Waals surface area contributed by atoms with E-state index in [9.17, 15) is 5.11 Å². The van der Waals surface area contributed by atoms with Gasteiger partial charge in [-0.2, -0.15) is 5.10 Å². The molecule has 28 heavy (non-hydrogen) atoms. The zero-order chi connectivity index (χ0) is 19.5. The number of fused-ring (bicyclic) bond motifs is 2. The molecule has 0 bridgehead atoms. The van der Waals surface area contributed by atoms with E-state index < -0.39 is 0 Å².